The Morgan fingerprint density at radius 3 is 1.49 bits per heavy atom. The van der Waals surface area contributed by atoms with E-state index in [1.807, 2.05) is 0 Å². The maximum absolute atomic E-state index is 12.2. The highest BCUT2D eigenvalue weighted by atomic mass is 16.2. The number of imide groups is 3. The Balaban J connectivity index is 0.000000172. The van der Waals surface area contributed by atoms with Crippen LogP contribution in [0.5, 0.6) is 0 Å². The topological polar surface area (TPSA) is 150 Å². The van der Waals surface area contributed by atoms with Gasteiger partial charge in [0, 0.05) is 0 Å². The van der Waals surface area contributed by atoms with E-state index in [1.54, 1.807) is 48.5 Å². The molecule has 3 aliphatic rings. The van der Waals surface area contributed by atoms with Gasteiger partial charge in [0.25, 0.3) is 29.5 Å². The molecule has 0 radical (unpaired) electrons. The van der Waals surface area contributed by atoms with E-state index >= 15 is 0 Å². The Morgan fingerprint density at radius 1 is 0.743 bits per heavy atom. The van der Waals surface area contributed by atoms with Crippen molar-refractivity contribution in [3.63, 3.8) is 0 Å². The van der Waals surface area contributed by atoms with Crippen LogP contribution in [0.4, 0.5) is 4.79 Å². The van der Waals surface area contributed by atoms with Gasteiger partial charge < -0.3 is 5.32 Å². The maximum atomic E-state index is 12.2. The molecule has 1 saturated heterocycles. The largest absolute Gasteiger partial charge is 0.322 e. The Kier molecular flexibility index (Phi) is 5.77. The first-order valence-electron chi connectivity index (χ1n) is 10.6. The lowest BCUT2D eigenvalue weighted by Gasteiger charge is -2.25. The second kappa shape index (κ2) is 8.60. The molecular weight excluding hydrogens is 456 g/mol. The molecule has 1 atom stereocenters. The van der Waals surface area contributed by atoms with Crippen LogP contribution in [0.1, 0.15) is 55.3 Å². The lowest BCUT2D eigenvalue weighted by atomic mass is 10.0. The molecule has 5 rings (SSSR count). The number of nitrogens with zero attached hydrogens (tertiary/aromatic N) is 2. The zero-order chi connectivity index (χ0) is 25.5. The molecule has 2 aromatic carbocycles. The van der Waals surface area contributed by atoms with Crippen LogP contribution in [-0.4, -0.2) is 69.8 Å². The summed E-state index contributed by atoms with van der Waals surface area (Å²) in [6, 6.07) is 12.4. The molecule has 11 heteroatoms. The number of urea groups is 1. The summed E-state index contributed by atoms with van der Waals surface area (Å²) in [5, 5.41) is 4.52. The minimum atomic E-state index is -1.30. The normalized spacial score (nSPS) is 20.3. The number of amides is 7. The van der Waals surface area contributed by atoms with Gasteiger partial charge >= 0.3 is 6.03 Å². The first-order chi connectivity index (χ1) is 16.5. The molecule has 3 heterocycles. The molecule has 1 fully saturated rings. The lowest BCUT2D eigenvalue weighted by Crippen LogP contribution is -2.54. The first kappa shape index (κ1) is 23.5. The third kappa shape index (κ3) is 4.07. The molecule has 35 heavy (non-hydrogen) atoms. The zero-order valence-corrected chi connectivity index (χ0v) is 18.8. The molecule has 0 bridgehead atoms. The number of fused-ring (bicyclic) bond motifs is 2. The van der Waals surface area contributed by atoms with Gasteiger partial charge in [-0.2, -0.15) is 0 Å². The fraction of sp³-hybridized carbons (Fsp3) is 0.208. The first-order valence-corrected chi connectivity index (χ1v) is 10.6. The fourth-order valence-electron chi connectivity index (χ4n) is 4.00. The molecule has 2 N–H and O–H groups in total. The molecule has 11 nitrogen and oxygen atoms in total. The Hall–Kier alpha value is -4.67. The van der Waals surface area contributed by atoms with Gasteiger partial charge in [-0.05, 0) is 38.1 Å². The molecule has 0 aliphatic carbocycles. The highest BCUT2D eigenvalue weighted by Gasteiger charge is 2.47. The molecule has 178 valence electrons. The van der Waals surface area contributed by atoms with Crippen molar-refractivity contribution in [1.29, 1.82) is 0 Å². The number of hydrogen-bond acceptors (Lipinski definition) is 7. The van der Waals surface area contributed by atoms with Crippen LogP contribution >= 0.6 is 0 Å². The lowest BCUT2D eigenvalue weighted by molar-refractivity contribution is -0.123. The van der Waals surface area contributed by atoms with E-state index in [9.17, 15) is 33.6 Å². The molecule has 2 aromatic rings. The van der Waals surface area contributed by atoms with E-state index in [0.717, 1.165) is 9.80 Å². The minimum absolute atomic E-state index is 0.146. The van der Waals surface area contributed by atoms with Crippen molar-refractivity contribution in [1.82, 2.24) is 20.4 Å². The molecule has 7 amide bonds. The van der Waals surface area contributed by atoms with Crippen molar-refractivity contribution < 1.29 is 33.6 Å². The smallest absolute Gasteiger partial charge is 0.322 e. The summed E-state index contributed by atoms with van der Waals surface area (Å²) in [7, 11) is 0. The summed E-state index contributed by atoms with van der Waals surface area (Å²) in [6.07, 6.45) is 0. The molecule has 3 aliphatic heterocycles. The van der Waals surface area contributed by atoms with Gasteiger partial charge in [0.1, 0.15) is 11.3 Å². The van der Waals surface area contributed by atoms with Crippen LogP contribution in [0, 0.1) is 0 Å². The Bertz CT molecular complexity index is 1260. The van der Waals surface area contributed by atoms with E-state index in [2.05, 4.69) is 10.6 Å². The zero-order valence-electron chi connectivity index (χ0n) is 18.8. The summed E-state index contributed by atoms with van der Waals surface area (Å²) >= 11 is 0. The monoisotopic (exact) mass is 476 g/mol. The number of nitrogens with one attached hydrogen (secondary N) is 2. The van der Waals surface area contributed by atoms with Gasteiger partial charge in [-0.25, -0.2) is 4.79 Å². The number of carbonyl (C=O) groups is 7. The number of benzene rings is 2. The van der Waals surface area contributed by atoms with Gasteiger partial charge in [0.15, 0.2) is 0 Å². The number of Topliss-reactive ketones (excluding diaryl/α,β-unsaturated/α-hetero) is 1. The molecule has 0 aromatic heterocycles. The number of rotatable bonds is 4. The van der Waals surface area contributed by atoms with E-state index in [4.69, 9.17) is 0 Å². The molecule has 0 spiro atoms. The van der Waals surface area contributed by atoms with Crippen molar-refractivity contribution in [3.05, 3.63) is 70.8 Å². The van der Waals surface area contributed by atoms with Crippen LogP contribution in [-0.2, 0) is 9.59 Å². The fourth-order valence-corrected chi connectivity index (χ4v) is 4.00. The second-order valence-corrected chi connectivity index (χ2v) is 8.43. The van der Waals surface area contributed by atoms with Gasteiger partial charge in [-0.3, -0.25) is 43.9 Å². The third-order valence-corrected chi connectivity index (χ3v) is 5.73. The molecule has 0 saturated carbocycles. The summed E-state index contributed by atoms with van der Waals surface area (Å²) in [6.45, 7) is 2.48. The van der Waals surface area contributed by atoms with E-state index in [-0.39, 0.29) is 30.7 Å². The van der Waals surface area contributed by atoms with E-state index in [0.29, 0.717) is 22.3 Å². The number of carbonyl (C=O) groups excluding carboxylic acids is 7. The standard InChI is InChI=1S/C13H11N3O4.C11H9NO3/c1-13(11(19)14-12(20)15-13)6-16-9(17)7-4-2-3-5-8(7)10(16)18;1-7(13)6-12-10(14)8-4-2-3-5-9(8)11(12)15/h2-5H,6H2,1H3,(H2,14,15,19,20);2-5H,6H2,1H3. The second-order valence-electron chi connectivity index (χ2n) is 8.43. The Morgan fingerprint density at radius 2 is 1.14 bits per heavy atom. The van der Waals surface area contributed by atoms with Gasteiger partial charge in [-0.1, -0.05) is 24.3 Å². The SMILES string of the molecule is CC(=O)CN1C(=O)c2ccccc2C1=O.CC1(CN2C(=O)c3ccccc3C2=O)NC(=O)NC1=O. The average molecular weight is 476 g/mol. The van der Waals surface area contributed by atoms with Crippen molar-refractivity contribution in [2.45, 2.75) is 19.4 Å². The summed E-state index contributed by atoms with van der Waals surface area (Å²) in [5.41, 5.74) is 0.0777. The van der Waals surface area contributed by atoms with Crippen LogP contribution < -0.4 is 10.6 Å². The van der Waals surface area contributed by atoms with E-state index in [1.165, 1.54) is 13.8 Å². The Labute approximate surface area is 199 Å². The van der Waals surface area contributed by atoms with Gasteiger partial charge in [0.2, 0.25) is 0 Å². The van der Waals surface area contributed by atoms with E-state index < -0.39 is 29.3 Å². The van der Waals surface area contributed by atoms with Crippen LogP contribution in [0.25, 0.3) is 0 Å². The number of hydrogen-bond donors (Lipinski definition) is 2. The van der Waals surface area contributed by atoms with Gasteiger partial charge in [0.05, 0.1) is 35.3 Å². The predicted octanol–water partition coefficient (Wildman–Crippen LogP) is 0.752. The highest BCUT2D eigenvalue weighted by Crippen LogP contribution is 2.25. The van der Waals surface area contributed by atoms with Crippen molar-refractivity contribution in [2.24, 2.45) is 0 Å². The molecular formula is C24H20N4O7. The maximum Gasteiger partial charge on any atom is 0.322 e. The molecule has 1 unspecified atom stereocenters. The van der Waals surface area contributed by atoms with Crippen molar-refractivity contribution >= 4 is 41.4 Å². The third-order valence-electron chi connectivity index (χ3n) is 5.73. The number of ketones is 1. The van der Waals surface area contributed by atoms with Crippen molar-refractivity contribution in [3.8, 4) is 0 Å². The van der Waals surface area contributed by atoms with Crippen LogP contribution in [0.2, 0.25) is 0 Å². The predicted molar refractivity (Wildman–Crippen MR) is 119 cm³/mol. The van der Waals surface area contributed by atoms with Crippen LogP contribution in [0.3, 0.4) is 0 Å². The van der Waals surface area contributed by atoms with Gasteiger partial charge in [-0.15, -0.1) is 0 Å². The highest BCUT2D eigenvalue weighted by molar-refractivity contribution is 6.23. The summed E-state index contributed by atoms with van der Waals surface area (Å²) < 4.78 is 0. The minimum Gasteiger partial charge on any atom is -0.322 e. The van der Waals surface area contributed by atoms with Crippen molar-refractivity contribution in [2.75, 3.05) is 13.1 Å². The summed E-state index contributed by atoms with van der Waals surface area (Å²) in [4.78, 5) is 83.5. The quantitative estimate of drug-likeness (QED) is 0.488. The summed E-state index contributed by atoms with van der Waals surface area (Å²) in [5.74, 6) is -2.44. The van der Waals surface area contributed by atoms with Crippen LogP contribution in [0.15, 0.2) is 48.5 Å². The average Bonchev–Trinajstić information content (AvgIpc) is 3.32.